The van der Waals surface area contributed by atoms with Crippen LogP contribution in [0.1, 0.15) is 37.6 Å². The van der Waals surface area contributed by atoms with Crippen LogP contribution in [-0.2, 0) is 17.7 Å². The normalized spacial score (nSPS) is 26.8. The van der Waals surface area contributed by atoms with Gasteiger partial charge in [-0.3, -0.25) is 4.79 Å². The van der Waals surface area contributed by atoms with Gasteiger partial charge in [-0.2, -0.15) is 0 Å². The number of alkyl halides is 2. The van der Waals surface area contributed by atoms with Crippen LogP contribution in [-0.4, -0.2) is 31.6 Å². The van der Waals surface area contributed by atoms with Gasteiger partial charge in [-0.25, -0.2) is 13.8 Å². The summed E-state index contributed by atoms with van der Waals surface area (Å²) in [5, 5.41) is 0. The molecule has 3 atom stereocenters. The molecule has 0 spiro atoms. The Labute approximate surface area is 183 Å². The van der Waals surface area contributed by atoms with E-state index in [0.717, 1.165) is 28.0 Å². The first kappa shape index (κ1) is 20.7. The van der Waals surface area contributed by atoms with Gasteiger partial charge in [-0.05, 0) is 50.1 Å². The van der Waals surface area contributed by atoms with E-state index in [0.29, 0.717) is 18.0 Å². The molecular formula is C23H25F2N3O2S. The van der Waals surface area contributed by atoms with Crippen LogP contribution in [0.4, 0.5) is 8.78 Å². The number of ether oxygens (including phenoxy) is 1. The van der Waals surface area contributed by atoms with Gasteiger partial charge in [0.15, 0.2) is 0 Å². The highest BCUT2D eigenvalue weighted by atomic mass is 32.2. The minimum absolute atomic E-state index is 0.0217. The highest BCUT2D eigenvalue weighted by Crippen LogP contribution is 2.63. The monoisotopic (exact) mass is 445 g/mol. The SMILES string of the molecule is CCO[C@]1(C)SCn2c(nc3ccc(-c4cc(C)c(=O)n(C)c4)cc32)C2CC(F)(F)C21. The Bertz CT molecular complexity index is 1230. The molecule has 5 nitrogen and oxygen atoms in total. The summed E-state index contributed by atoms with van der Waals surface area (Å²) in [4.78, 5) is 15.9. The number of halogens is 2. The Kier molecular flexibility index (Phi) is 4.61. The Hall–Kier alpha value is -2.19. The second-order valence-corrected chi connectivity index (χ2v) is 10.1. The number of aryl methyl sites for hydroxylation is 2. The average Bonchev–Trinajstić information content (AvgIpc) is 3.01. The molecule has 2 aliphatic rings. The number of hydrogen-bond donors (Lipinski definition) is 0. The van der Waals surface area contributed by atoms with Crippen molar-refractivity contribution >= 4 is 22.8 Å². The van der Waals surface area contributed by atoms with Crippen molar-refractivity contribution in [1.82, 2.24) is 14.1 Å². The van der Waals surface area contributed by atoms with Crippen molar-refractivity contribution in [3.05, 3.63) is 52.2 Å². The highest BCUT2D eigenvalue weighted by molar-refractivity contribution is 7.99. The van der Waals surface area contributed by atoms with Crippen LogP contribution in [0.15, 0.2) is 35.3 Å². The summed E-state index contributed by atoms with van der Waals surface area (Å²) >= 11 is 1.42. The first-order valence-corrected chi connectivity index (χ1v) is 11.5. The summed E-state index contributed by atoms with van der Waals surface area (Å²) in [7, 11) is 1.74. The number of benzene rings is 1. The summed E-state index contributed by atoms with van der Waals surface area (Å²) in [6.07, 6.45) is 1.62. The minimum atomic E-state index is -2.76. The molecule has 2 unspecified atom stereocenters. The van der Waals surface area contributed by atoms with E-state index in [9.17, 15) is 13.6 Å². The third-order valence-electron chi connectivity index (χ3n) is 6.63. The molecule has 1 aromatic carbocycles. The molecule has 5 rings (SSSR count). The second-order valence-electron chi connectivity index (χ2n) is 8.70. The molecule has 1 fully saturated rings. The van der Waals surface area contributed by atoms with Gasteiger partial charge in [-0.15, -0.1) is 11.8 Å². The maximum atomic E-state index is 14.7. The number of hydrogen-bond acceptors (Lipinski definition) is 4. The maximum Gasteiger partial charge on any atom is 0.255 e. The maximum absolute atomic E-state index is 14.7. The number of nitrogens with zero attached hydrogens (tertiary/aromatic N) is 3. The van der Waals surface area contributed by atoms with Crippen LogP contribution in [0.5, 0.6) is 0 Å². The molecule has 0 radical (unpaired) electrons. The molecule has 3 aromatic rings. The molecule has 1 aliphatic heterocycles. The van der Waals surface area contributed by atoms with Crippen molar-refractivity contribution in [1.29, 1.82) is 0 Å². The van der Waals surface area contributed by atoms with E-state index in [1.165, 1.54) is 11.8 Å². The second kappa shape index (κ2) is 6.90. The minimum Gasteiger partial charge on any atom is -0.364 e. The van der Waals surface area contributed by atoms with E-state index in [4.69, 9.17) is 9.72 Å². The fourth-order valence-corrected chi connectivity index (χ4v) is 6.51. The van der Waals surface area contributed by atoms with E-state index < -0.39 is 16.8 Å². The molecule has 1 aliphatic carbocycles. The lowest BCUT2D eigenvalue weighted by Gasteiger charge is -2.50. The van der Waals surface area contributed by atoms with E-state index >= 15 is 0 Å². The Morgan fingerprint density at radius 3 is 2.74 bits per heavy atom. The van der Waals surface area contributed by atoms with Crippen molar-refractivity contribution in [2.75, 3.05) is 6.61 Å². The van der Waals surface area contributed by atoms with E-state index in [2.05, 4.69) is 4.57 Å². The fraction of sp³-hybridized carbons (Fsp3) is 0.478. The highest BCUT2D eigenvalue weighted by Gasteiger charge is 2.66. The van der Waals surface area contributed by atoms with Crippen molar-refractivity contribution in [2.45, 2.75) is 49.8 Å². The Morgan fingerprint density at radius 1 is 1.29 bits per heavy atom. The van der Waals surface area contributed by atoms with Gasteiger partial charge >= 0.3 is 0 Å². The molecule has 0 bridgehead atoms. The molecule has 2 aromatic heterocycles. The van der Waals surface area contributed by atoms with Gasteiger partial charge in [-0.1, -0.05) is 6.07 Å². The van der Waals surface area contributed by atoms with Gasteiger partial charge in [0.05, 0.1) is 22.8 Å². The molecule has 0 saturated heterocycles. The smallest absolute Gasteiger partial charge is 0.255 e. The van der Waals surface area contributed by atoms with Crippen molar-refractivity contribution in [3.8, 4) is 11.1 Å². The summed E-state index contributed by atoms with van der Waals surface area (Å²) < 4.78 is 38.8. The van der Waals surface area contributed by atoms with Crippen LogP contribution in [0.25, 0.3) is 22.2 Å². The lowest BCUT2D eigenvalue weighted by atomic mass is 9.66. The van der Waals surface area contributed by atoms with Gasteiger partial charge in [0, 0.05) is 37.8 Å². The summed E-state index contributed by atoms with van der Waals surface area (Å²) in [5.74, 6) is -2.77. The quantitative estimate of drug-likeness (QED) is 0.575. The third kappa shape index (κ3) is 3.06. The molecule has 1 saturated carbocycles. The van der Waals surface area contributed by atoms with Gasteiger partial charge in [0.1, 0.15) is 10.8 Å². The molecule has 8 heteroatoms. The number of rotatable bonds is 3. The molecule has 31 heavy (non-hydrogen) atoms. The molecule has 3 heterocycles. The van der Waals surface area contributed by atoms with E-state index in [1.54, 1.807) is 25.5 Å². The van der Waals surface area contributed by atoms with Crippen LogP contribution in [0.3, 0.4) is 0 Å². The van der Waals surface area contributed by atoms with Gasteiger partial charge in [0.2, 0.25) is 0 Å². The number of pyridine rings is 1. The van der Waals surface area contributed by atoms with Crippen molar-refractivity contribution in [2.24, 2.45) is 13.0 Å². The lowest BCUT2D eigenvalue weighted by Crippen LogP contribution is -2.56. The predicted octanol–water partition coefficient (Wildman–Crippen LogP) is 4.91. The van der Waals surface area contributed by atoms with Crippen molar-refractivity contribution < 1.29 is 13.5 Å². The summed E-state index contributed by atoms with van der Waals surface area (Å²) in [5.41, 5.74) is 4.27. The zero-order valence-corrected chi connectivity index (χ0v) is 18.8. The standard InChI is InChI=1S/C23H25F2N3O2S/c1-5-30-22(3)19-16(10-23(19,24)25)20-26-17-7-6-14(9-18(17)28(20)12-31-22)15-8-13(2)21(29)27(4)11-15/h6-9,11,16,19H,5,10,12H2,1-4H3/t16?,19?,22-/m1/s1. The van der Waals surface area contributed by atoms with Crippen LogP contribution >= 0.6 is 11.8 Å². The fourth-order valence-electron chi connectivity index (χ4n) is 5.14. The topological polar surface area (TPSA) is 49.1 Å². The first-order valence-electron chi connectivity index (χ1n) is 10.5. The van der Waals surface area contributed by atoms with Gasteiger partial charge in [0.25, 0.3) is 11.5 Å². The van der Waals surface area contributed by atoms with Crippen LogP contribution in [0, 0.1) is 12.8 Å². The zero-order chi connectivity index (χ0) is 22.1. The van der Waals surface area contributed by atoms with E-state index in [1.807, 2.05) is 37.4 Å². The van der Waals surface area contributed by atoms with Crippen LogP contribution < -0.4 is 5.56 Å². The number of aromatic nitrogens is 3. The Morgan fingerprint density at radius 2 is 2.06 bits per heavy atom. The summed E-state index contributed by atoms with van der Waals surface area (Å²) in [6, 6.07) is 7.83. The number of thioether (sulfide) groups is 1. The molecule has 164 valence electrons. The zero-order valence-electron chi connectivity index (χ0n) is 18.0. The molecular weight excluding hydrogens is 420 g/mol. The summed E-state index contributed by atoms with van der Waals surface area (Å²) in [6.45, 7) is 5.83. The largest absolute Gasteiger partial charge is 0.364 e. The lowest BCUT2D eigenvalue weighted by molar-refractivity contribution is -0.204. The Balaban J connectivity index is 1.63. The number of fused-ring (bicyclic) bond motifs is 5. The van der Waals surface area contributed by atoms with Gasteiger partial charge < -0.3 is 13.9 Å². The van der Waals surface area contributed by atoms with Crippen LogP contribution in [0.2, 0.25) is 0 Å². The first-order chi connectivity index (χ1) is 14.6. The number of imidazole rings is 1. The third-order valence-corrected chi connectivity index (χ3v) is 7.96. The van der Waals surface area contributed by atoms with E-state index in [-0.39, 0.29) is 17.9 Å². The van der Waals surface area contributed by atoms with Crippen molar-refractivity contribution in [3.63, 3.8) is 0 Å². The predicted molar refractivity (Wildman–Crippen MR) is 119 cm³/mol. The molecule has 0 N–H and O–H groups in total. The molecule has 0 amide bonds. The average molecular weight is 446 g/mol.